The second-order valence-electron chi connectivity index (χ2n) is 8.20. The van der Waals surface area contributed by atoms with Crippen molar-refractivity contribution in [3.05, 3.63) is 58.4 Å². The van der Waals surface area contributed by atoms with Crippen molar-refractivity contribution < 1.29 is 27.4 Å². The molecule has 0 heterocycles. The number of fused-ring (bicyclic) bond motifs is 2. The van der Waals surface area contributed by atoms with Gasteiger partial charge in [0.2, 0.25) is 10.0 Å². The van der Waals surface area contributed by atoms with E-state index in [0.29, 0.717) is 5.75 Å². The number of halogens is 1. The highest BCUT2D eigenvalue weighted by Crippen LogP contribution is 2.42. The SMILES string of the molecule is O=C(O)COc1c2c(cc3c1CCCC3CNS(=O)(=O)c1ccc(F)cc1)CCCC2. The highest BCUT2D eigenvalue weighted by molar-refractivity contribution is 7.89. The lowest BCUT2D eigenvalue weighted by molar-refractivity contribution is -0.139. The van der Waals surface area contributed by atoms with Crippen molar-refractivity contribution in [2.24, 2.45) is 0 Å². The number of ether oxygens (including phenoxy) is 1. The summed E-state index contributed by atoms with van der Waals surface area (Å²) in [7, 11) is -3.75. The zero-order valence-electron chi connectivity index (χ0n) is 17.2. The van der Waals surface area contributed by atoms with Crippen LogP contribution in [0.3, 0.4) is 0 Å². The molecule has 6 nitrogen and oxygen atoms in total. The number of aryl methyl sites for hydroxylation is 1. The first-order chi connectivity index (χ1) is 14.8. The summed E-state index contributed by atoms with van der Waals surface area (Å²) in [6.45, 7) is -0.158. The van der Waals surface area contributed by atoms with Crippen molar-refractivity contribution in [1.82, 2.24) is 4.72 Å². The molecular weight excluding hydrogens is 421 g/mol. The number of carbonyl (C=O) groups is 1. The standard InChI is InChI=1S/C23H26FNO5S/c24-17-8-10-18(11-9-17)31(28,29)25-13-16-5-3-7-20-21(16)12-15-4-1-2-6-19(15)23(20)30-14-22(26)27/h8-12,16,25H,1-7,13-14H2,(H,26,27). The maximum atomic E-state index is 13.1. The Balaban J connectivity index is 1.62. The van der Waals surface area contributed by atoms with Gasteiger partial charge in [-0.25, -0.2) is 22.3 Å². The van der Waals surface area contributed by atoms with E-state index < -0.39 is 21.8 Å². The molecule has 166 valence electrons. The van der Waals surface area contributed by atoms with Gasteiger partial charge in [0.25, 0.3) is 0 Å². The monoisotopic (exact) mass is 447 g/mol. The summed E-state index contributed by atoms with van der Waals surface area (Å²) >= 11 is 0. The normalized spacial score (nSPS) is 18.2. The number of nitrogens with one attached hydrogen (secondary N) is 1. The van der Waals surface area contributed by atoms with E-state index in [0.717, 1.165) is 73.8 Å². The zero-order chi connectivity index (χ0) is 22.0. The number of benzene rings is 2. The molecule has 0 radical (unpaired) electrons. The molecule has 0 amide bonds. The maximum Gasteiger partial charge on any atom is 0.341 e. The Morgan fingerprint density at radius 2 is 1.81 bits per heavy atom. The van der Waals surface area contributed by atoms with E-state index in [4.69, 9.17) is 9.84 Å². The molecule has 0 aromatic heterocycles. The van der Waals surface area contributed by atoms with Gasteiger partial charge < -0.3 is 9.84 Å². The zero-order valence-corrected chi connectivity index (χ0v) is 18.0. The van der Waals surface area contributed by atoms with E-state index in [-0.39, 0.29) is 24.0 Å². The summed E-state index contributed by atoms with van der Waals surface area (Å²) in [5, 5.41) is 9.11. The van der Waals surface area contributed by atoms with Crippen LogP contribution in [0.5, 0.6) is 5.75 Å². The number of carboxylic acid groups (broad SMARTS) is 1. The molecule has 2 aromatic carbocycles. The van der Waals surface area contributed by atoms with Crippen LogP contribution in [-0.2, 0) is 34.1 Å². The highest BCUT2D eigenvalue weighted by Gasteiger charge is 2.29. The predicted molar refractivity (Wildman–Crippen MR) is 113 cm³/mol. The van der Waals surface area contributed by atoms with Gasteiger partial charge >= 0.3 is 5.97 Å². The van der Waals surface area contributed by atoms with Crippen LogP contribution in [0.4, 0.5) is 4.39 Å². The van der Waals surface area contributed by atoms with Crippen LogP contribution in [0.1, 0.15) is 53.9 Å². The second-order valence-corrected chi connectivity index (χ2v) is 9.96. The fourth-order valence-electron chi connectivity index (χ4n) is 4.67. The van der Waals surface area contributed by atoms with Crippen LogP contribution in [0.25, 0.3) is 0 Å². The number of rotatable bonds is 7. The van der Waals surface area contributed by atoms with Gasteiger partial charge in [0.05, 0.1) is 4.90 Å². The highest BCUT2D eigenvalue weighted by atomic mass is 32.2. The predicted octanol–water partition coefficient (Wildman–Crippen LogP) is 3.57. The molecule has 0 bridgehead atoms. The summed E-state index contributed by atoms with van der Waals surface area (Å²) in [4.78, 5) is 11.1. The largest absolute Gasteiger partial charge is 0.481 e. The topological polar surface area (TPSA) is 92.7 Å². The molecule has 0 saturated heterocycles. The first-order valence-electron chi connectivity index (χ1n) is 10.6. The van der Waals surface area contributed by atoms with E-state index >= 15 is 0 Å². The number of aliphatic carboxylic acids is 1. The van der Waals surface area contributed by atoms with Crippen molar-refractivity contribution in [3.63, 3.8) is 0 Å². The van der Waals surface area contributed by atoms with Crippen LogP contribution >= 0.6 is 0 Å². The van der Waals surface area contributed by atoms with E-state index in [2.05, 4.69) is 10.8 Å². The third-order valence-electron chi connectivity index (χ3n) is 6.14. The molecule has 0 fully saturated rings. The minimum absolute atomic E-state index is 0.0286. The first-order valence-corrected chi connectivity index (χ1v) is 12.1. The number of sulfonamides is 1. The van der Waals surface area contributed by atoms with Gasteiger partial charge in [-0.15, -0.1) is 0 Å². The molecule has 31 heavy (non-hydrogen) atoms. The fraction of sp³-hybridized carbons (Fsp3) is 0.435. The maximum absolute atomic E-state index is 13.1. The molecule has 4 rings (SSSR count). The van der Waals surface area contributed by atoms with E-state index in [1.807, 2.05) is 0 Å². The van der Waals surface area contributed by atoms with Crippen LogP contribution in [0.15, 0.2) is 35.2 Å². The van der Waals surface area contributed by atoms with Gasteiger partial charge in [-0.1, -0.05) is 6.07 Å². The third-order valence-corrected chi connectivity index (χ3v) is 7.58. The van der Waals surface area contributed by atoms with Gasteiger partial charge in [-0.05, 0) is 97.4 Å². The van der Waals surface area contributed by atoms with Gasteiger partial charge in [0, 0.05) is 6.54 Å². The summed E-state index contributed by atoms with van der Waals surface area (Å²) in [5.74, 6) is -0.834. The first kappa shape index (κ1) is 21.8. The van der Waals surface area contributed by atoms with Crippen molar-refractivity contribution in [1.29, 1.82) is 0 Å². The van der Waals surface area contributed by atoms with Crippen molar-refractivity contribution in [3.8, 4) is 5.75 Å². The smallest absolute Gasteiger partial charge is 0.341 e. The van der Waals surface area contributed by atoms with Crippen molar-refractivity contribution in [2.75, 3.05) is 13.2 Å². The lowest BCUT2D eigenvalue weighted by Crippen LogP contribution is -2.30. The average molecular weight is 448 g/mol. The third kappa shape index (κ3) is 4.75. The average Bonchev–Trinajstić information content (AvgIpc) is 2.75. The molecule has 0 spiro atoms. The summed E-state index contributed by atoms with van der Waals surface area (Å²) in [5.41, 5.74) is 4.35. The van der Waals surface area contributed by atoms with Crippen LogP contribution in [0, 0.1) is 5.82 Å². The van der Waals surface area contributed by atoms with Crippen LogP contribution in [0.2, 0.25) is 0 Å². The van der Waals surface area contributed by atoms with E-state index in [1.54, 1.807) is 0 Å². The van der Waals surface area contributed by atoms with Gasteiger partial charge in [0.15, 0.2) is 6.61 Å². The Hall–Kier alpha value is -2.45. The minimum atomic E-state index is -3.75. The molecule has 2 aromatic rings. The molecule has 0 saturated carbocycles. The second kappa shape index (κ2) is 8.96. The molecule has 8 heteroatoms. The number of carboxylic acids is 1. The Labute approximate surface area is 181 Å². The Kier molecular flexibility index (Phi) is 6.29. The molecule has 2 aliphatic rings. The fourth-order valence-corrected chi connectivity index (χ4v) is 5.75. The summed E-state index contributed by atoms with van der Waals surface area (Å²) in [6, 6.07) is 6.93. The quantitative estimate of drug-likeness (QED) is 0.677. The molecule has 0 aliphatic heterocycles. The minimum Gasteiger partial charge on any atom is -0.481 e. The number of hydrogen-bond acceptors (Lipinski definition) is 4. The lowest BCUT2D eigenvalue weighted by Gasteiger charge is -2.31. The van der Waals surface area contributed by atoms with Crippen molar-refractivity contribution >= 4 is 16.0 Å². The molecule has 2 aliphatic carbocycles. The Morgan fingerprint density at radius 3 is 2.55 bits per heavy atom. The van der Waals surface area contributed by atoms with Crippen LogP contribution in [-0.4, -0.2) is 32.6 Å². The summed E-state index contributed by atoms with van der Waals surface area (Å²) in [6.07, 6.45) is 6.41. The summed E-state index contributed by atoms with van der Waals surface area (Å²) < 4.78 is 46.9. The molecule has 1 atom stereocenters. The van der Waals surface area contributed by atoms with Crippen molar-refractivity contribution in [2.45, 2.75) is 55.8 Å². The van der Waals surface area contributed by atoms with E-state index in [1.165, 1.54) is 17.7 Å². The molecule has 2 N–H and O–H groups in total. The number of hydrogen-bond donors (Lipinski definition) is 2. The van der Waals surface area contributed by atoms with Crippen LogP contribution < -0.4 is 9.46 Å². The molecular formula is C23H26FNO5S. The Bertz CT molecular complexity index is 1080. The van der Waals surface area contributed by atoms with Gasteiger partial charge in [-0.3, -0.25) is 0 Å². The van der Waals surface area contributed by atoms with Gasteiger partial charge in [0.1, 0.15) is 11.6 Å². The van der Waals surface area contributed by atoms with Gasteiger partial charge in [-0.2, -0.15) is 0 Å². The van der Waals surface area contributed by atoms with E-state index in [9.17, 15) is 17.6 Å². The molecule has 1 unspecified atom stereocenters. The Morgan fingerprint density at radius 1 is 1.10 bits per heavy atom. The lowest BCUT2D eigenvalue weighted by atomic mass is 9.77.